The maximum atomic E-state index is 9.81. The molecule has 1 N–H and O–H groups in total. The fraction of sp³-hybridized carbons (Fsp3) is 0.417. The van der Waals surface area contributed by atoms with Gasteiger partial charge in [0, 0.05) is 5.92 Å². The van der Waals surface area contributed by atoms with Crippen LogP contribution in [0.25, 0.3) is 0 Å². The molecule has 0 aromatic rings. The topological polar surface area (TPSA) is 32.6 Å². The minimum absolute atomic E-state index is 0.321. The molecule has 2 heteroatoms. The van der Waals surface area contributed by atoms with Gasteiger partial charge in [-0.25, -0.2) is 0 Å². The second-order valence-electron chi connectivity index (χ2n) is 4.08. The zero-order chi connectivity index (χ0) is 9.54. The molecular weight excluding hydrogens is 174 g/mol. The predicted molar refractivity (Wildman–Crippen MR) is 56.1 cm³/mol. The molecule has 0 radical (unpaired) electrons. The highest BCUT2D eigenvalue weighted by Gasteiger charge is 2.32. The summed E-state index contributed by atoms with van der Waals surface area (Å²) in [5.74, 6) is 0.366. The van der Waals surface area contributed by atoms with Gasteiger partial charge in [0.05, 0.1) is 17.5 Å². The van der Waals surface area contributed by atoms with Gasteiger partial charge < -0.3 is 5.11 Å². The summed E-state index contributed by atoms with van der Waals surface area (Å²) in [5, 5.41) is 9.81. The number of hydrogen-bond donors (Lipinski definition) is 1. The minimum Gasteiger partial charge on any atom is -0.387 e. The van der Waals surface area contributed by atoms with Crippen molar-refractivity contribution < 1.29 is 5.11 Å². The summed E-state index contributed by atoms with van der Waals surface area (Å²) >= 11 is 0. The lowest BCUT2D eigenvalue weighted by Gasteiger charge is -2.21. The van der Waals surface area contributed by atoms with E-state index < -0.39 is 0 Å². The van der Waals surface area contributed by atoms with E-state index in [4.69, 9.17) is 0 Å². The van der Waals surface area contributed by atoms with E-state index in [2.05, 4.69) is 23.2 Å². The van der Waals surface area contributed by atoms with Crippen molar-refractivity contribution in [2.75, 3.05) is 0 Å². The molecule has 0 bridgehead atoms. The lowest BCUT2D eigenvalue weighted by molar-refractivity contribution is 0.187. The van der Waals surface area contributed by atoms with Crippen molar-refractivity contribution in [3.63, 3.8) is 0 Å². The Morgan fingerprint density at radius 2 is 2.29 bits per heavy atom. The van der Waals surface area contributed by atoms with Crippen LogP contribution in [0.5, 0.6) is 0 Å². The Labute approximate surface area is 83.4 Å². The molecule has 0 fully saturated rings. The van der Waals surface area contributed by atoms with Gasteiger partial charge in [-0.15, -0.1) is 0 Å². The van der Waals surface area contributed by atoms with E-state index in [0.29, 0.717) is 5.92 Å². The van der Waals surface area contributed by atoms with Crippen molar-refractivity contribution in [3.8, 4) is 0 Å². The van der Waals surface area contributed by atoms with Crippen LogP contribution in [0.2, 0.25) is 0 Å². The third-order valence-electron chi connectivity index (χ3n) is 3.19. The zero-order valence-electron chi connectivity index (χ0n) is 7.98. The maximum absolute atomic E-state index is 9.81. The Morgan fingerprint density at radius 3 is 3.21 bits per heavy atom. The molecule has 3 aliphatic rings. The molecule has 1 aliphatic heterocycles. The summed E-state index contributed by atoms with van der Waals surface area (Å²) in [7, 11) is 0. The first kappa shape index (κ1) is 8.18. The second kappa shape index (κ2) is 2.92. The summed E-state index contributed by atoms with van der Waals surface area (Å²) in [6.45, 7) is 0. The van der Waals surface area contributed by atoms with Crippen molar-refractivity contribution in [2.24, 2.45) is 10.9 Å². The lowest BCUT2D eigenvalue weighted by atomic mass is 9.84. The highest BCUT2D eigenvalue weighted by Crippen LogP contribution is 2.38. The number of aliphatic hydroxyl groups excluding tert-OH is 1. The fourth-order valence-corrected chi connectivity index (χ4v) is 2.50. The molecule has 0 saturated carbocycles. The summed E-state index contributed by atoms with van der Waals surface area (Å²) in [6.07, 6.45) is 11.1. The summed E-state index contributed by atoms with van der Waals surface area (Å²) in [4.78, 5) is 4.52. The number of allylic oxidation sites excluding steroid dienone is 5. The Hall–Kier alpha value is -1.15. The molecule has 0 aromatic heterocycles. The van der Waals surface area contributed by atoms with Crippen LogP contribution in [-0.2, 0) is 0 Å². The second-order valence-corrected chi connectivity index (χ2v) is 4.08. The van der Waals surface area contributed by atoms with E-state index in [1.165, 1.54) is 5.57 Å². The average Bonchev–Trinajstić information content (AvgIpc) is 2.59. The molecule has 0 saturated heterocycles. The summed E-state index contributed by atoms with van der Waals surface area (Å²) in [6, 6.07) is 0. The molecule has 2 atom stereocenters. The van der Waals surface area contributed by atoms with Crippen LogP contribution >= 0.6 is 0 Å². The third-order valence-corrected chi connectivity index (χ3v) is 3.19. The van der Waals surface area contributed by atoms with Crippen LogP contribution in [0.3, 0.4) is 0 Å². The van der Waals surface area contributed by atoms with Gasteiger partial charge in [0.15, 0.2) is 0 Å². The fourth-order valence-electron chi connectivity index (χ4n) is 2.50. The number of hydrogen-bond acceptors (Lipinski definition) is 2. The first-order chi connectivity index (χ1) is 6.86. The van der Waals surface area contributed by atoms with Crippen LogP contribution in [0.4, 0.5) is 0 Å². The molecule has 3 rings (SSSR count). The number of rotatable bonds is 0. The normalized spacial score (nSPS) is 34.2. The van der Waals surface area contributed by atoms with E-state index in [0.717, 1.165) is 30.7 Å². The highest BCUT2D eigenvalue weighted by atomic mass is 16.3. The van der Waals surface area contributed by atoms with E-state index in [9.17, 15) is 5.11 Å². The molecular formula is C12H13NO. The first-order valence-electron chi connectivity index (χ1n) is 5.21. The Balaban J connectivity index is 2.05. The van der Waals surface area contributed by atoms with Gasteiger partial charge in [-0.2, -0.15) is 0 Å². The SMILES string of the molecule is O[C@H]1CCCC2=C1N=C1C=CC=C[C@@H]12. The number of fused-ring (bicyclic) bond motifs is 2. The average molecular weight is 187 g/mol. The molecule has 0 spiro atoms. The lowest BCUT2D eigenvalue weighted by Crippen LogP contribution is -2.17. The first-order valence-corrected chi connectivity index (χ1v) is 5.21. The molecule has 72 valence electrons. The number of aliphatic imine (C=N–C) groups is 1. The number of nitrogens with zero attached hydrogens (tertiary/aromatic N) is 1. The van der Waals surface area contributed by atoms with Gasteiger partial charge in [0.2, 0.25) is 0 Å². The summed E-state index contributed by atoms with van der Waals surface area (Å²) in [5.41, 5.74) is 3.41. The van der Waals surface area contributed by atoms with Gasteiger partial charge in [0.1, 0.15) is 0 Å². The van der Waals surface area contributed by atoms with E-state index in [-0.39, 0.29) is 6.10 Å². The molecule has 0 aromatic carbocycles. The van der Waals surface area contributed by atoms with Crippen molar-refractivity contribution >= 4 is 5.71 Å². The quantitative estimate of drug-likeness (QED) is 0.618. The standard InChI is InChI=1S/C12H13NO/c14-11-7-3-5-9-8-4-1-2-6-10(8)13-12(9)11/h1-2,4,6,8,11,14H,3,5,7H2/t8-,11+/m1/s1. The predicted octanol–water partition coefficient (Wildman–Crippen LogP) is 1.98. The molecule has 0 amide bonds. The maximum Gasteiger partial charge on any atom is 0.0959 e. The van der Waals surface area contributed by atoms with Crippen molar-refractivity contribution in [1.82, 2.24) is 0 Å². The minimum atomic E-state index is -0.321. The molecule has 0 unspecified atom stereocenters. The van der Waals surface area contributed by atoms with Gasteiger partial charge >= 0.3 is 0 Å². The van der Waals surface area contributed by atoms with Gasteiger partial charge in [-0.1, -0.05) is 18.2 Å². The van der Waals surface area contributed by atoms with Crippen LogP contribution in [0.15, 0.2) is 40.6 Å². The van der Waals surface area contributed by atoms with Crippen LogP contribution < -0.4 is 0 Å². The largest absolute Gasteiger partial charge is 0.387 e. The third kappa shape index (κ3) is 1.04. The van der Waals surface area contributed by atoms with Crippen LogP contribution in [-0.4, -0.2) is 16.9 Å². The van der Waals surface area contributed by atoms with Crippen LogP contribution in [0, 0.1) is 5.92 Å². The Kier molecular flexibility index (Phi) is 1.71. The van der Waals surface area contributed by atoms with Crippen LogP contribution in [0.1, 0.15) is 19.3 Å². The smallest absolute Gasteiger partial charge is 0.0959 e. The van der Waals surface area contributed by atoms with Gasteiger partial charge in [-0.3, -0.25) is 4.99 Å². The van der Waals surface area contributed by atoms with Crippen molar-refractivity contribution in [3.05, 3.63) is 35.6 Å². The van der Waals surface area contributed by atoms with Crippen molar-refractivity contribution in [1.29, 1.82) is 0 Å². The zero-order valence-corrected chi connectivity index (χ0v) is 7.98. The highest BCUT2D eigenvalue weighted by molar-refractivity contribution is 6.03. The molecule has 2 aliphatic carbocycles. The number of aliphatic hydroxyl groups is 1. The Morgan fingerprint density at radius 1 is 1.36 bits per heavy atom. The monoisotopic (exact) mass is 187 g/mol. The van der Waals surface area contributed by atoms with E-state index in [1.807, 2.05) is 6.08 Å². The van der Waals surface area contributed by atoms with Gasteiger partial charge in [-0.05, 0) is 30.9 Å². The molecule has 2 nitrogen and oxygen atoms in total. The van der Waals surface area contributed by atoms with Gasteiger partial charge in [0.25, 0.3) is 0 Å². The van der Waals surface area contributed by atoms with E-state index >= 15 is 0 Å². The molecule has 1 heterocycles. The molecule has 14 heavy (non-hydrogen) atoms. The summed E-state index contributed by atoms with van der Waals surface area (Å²) < 4.78 is 0. The van der Waals surface area contributed by atoms with E-state index in [1.54, 1.807) is 0 Å². The van der Waals surface area contributed by atoms with Crippen molar-refractivity contribution in [2.45, 2.75) is 25.4 Å². The Bertz CT molecular complexity index is 387.